The maximum absolute atomic E-state index is 11.6. The number of ether oxygens (including phenoxy) is 1. The predicted molar refractivity (Wildman–Crippen MR) is 62.5 cm³/mol. The van der Waals surface area contributed by atoms with E-state index in [1.807, 2.05) is 21.1 Å². The van der Waals surface area contributed by atoms with Crippen molar-refractivity contribution in [3.8, 4) is 0 Å². The SMILES string of the molecule is C=C(C)C(=O)C(=C)C(=O)OC(C)[N+](C)(C)C. The molecule has 4 nitrogen and oxygen atoms in total. The average Bonchev–Trinajstić information content (AvgIpc) is 2.13. The van der Waals surface area contributed by atoms with Crippen LogP contribution < -0.4 is 0 Å². The van der Waals surface area contributed by atoms with Gasteiger partial charge >= 0.3 is 5.97 Å². The molecule has 0 spiro atoms. The second-order valence-corrected chi connectivity index (χ2v) is 4.71. The Morgan fingerprint density at radius 3 is 1.94 bits per heavy atom. The molecular formula is C12H20NO3+. The van der Waals surface area contributed by atoms with Gasteiger partial charge < -0.3 is 4.74 Å². The summed E-state index contributed by atoms with van der Waals surface area (Å²) in [5.41, 5.74) is 0.104. The molecule has 0 aromatic rings. The number of carbonyl (C=O) groups excluding carboxylic acids is 2. The normalized spacial score (nSPS) is 12.8. The van der Waals surface area contributed by atoms with Gasteiger partial charge in [0.2, 0.25) is 6.23 Å². The monoisotopic (exact) mass is 226 g/mol. The van der Waals surface area contributed by atoms with E-state index in [0.29, 0.717) is 4.48 Å². The molecule has 16 heavy (non-hydrogen) atoms. The van der Waals surface area contributed by atoms with Crippen LogP contribution in [0.15, 0.2) is 24.3 Å². The minimum absolute atomic E-state index is 0.173. The summed E-state index contributed by atoms with van der Waals surface area (Å²) in [5.74, 6) is -1.15. The Balaban J connectivity index is 4.56. The molecule has 0 aromatic heterocycles. The van der Waals surface area contributed by atoms with E-state index < -0.39 is 11.8 Å². The molecule has 0 N–H and O–H groups in total. The summed E-state index contributed by atoms with van der Waals surface area (Å²) < 4.78 is 5.58. The Bertz CT molecular complexity index is 337. The molecule has 0 amide bonds. The summed E-state index contributed by atoms with van der Waals surface area (Å²) in [7, 11) is 5.67. The highest BCUT2D eigenvalue weighted by molar-refractivity contribution is 6.23. The number of nitrogens with zero attached hydrogens (tertiary/aromatic N) is 1. The fourth-order valence-corrected chi connectivity index (χ4v) is 0.734. The third kappa shape index (κ3) is 3.98. The first-order valence-electron chi connectivity index (χ1n) is 4.98. The zero-order chi connectivity index (χ0) is 13.1. The van der Waals surface area contributed by atoms with Gasteiger partial charge in [-0.15, -0.1) is 0 Å². The lowest BCUT2D eigenvalue weighted by Gasteiger charge is -2.30. The van der Waals surface area contributed by atoms with Gasteiger partial charge in [-0.2, -0.15) is 0 Å². The first-order valence-corrected chi connectivity index (χ1v) is 4.98. The third-order valence-corrected chi connectivity index (χ3v) is 2.28. The summed E-state index contributed by atoms with van der Waals surface area (Å²) in [5, 5.41) is 0. The van der Waals surface area contributed by atoms with Crippen LogP contribution in [0.4, 0.5) is 0 Å². The van der Waals surface area contributed by atoms with E-state index in [9.17, 15) is 9.59 Å². The van der Waals surface area contributed by atoms with E-state index in [-0.39, 0.29) is 17.4 Å². The van der Waals surface area contributed by atoms with Crippen molar-refractivity contribution in [2.45, 2.75) is 20.1 Å². The average molecular weight is 226 g/mol. The van der Waals surface area contributed by atoms with Gasteiger partial charge in [-0.1, -0.05) is 13.2 Å². The van der Waals surface area contributed by atoms with Crippen molar-refractivity contribution in [2.24, 2.45) is 0 Å². The van der Waals surface area contributed by atoms with Crippen LogP contribution in [-0.4, -0.2) is 43.6 Å². The molecule has 0 aromatic carbocycles. The summed E-state index contributed by atoms with van der Waals surface area (Å²) in [6.45, 7) is 10.2. The molecule has 1 unspecified atom stereocenters. The quantitative estimate of drug-likeness (QED) is 0.177. The number of Topliss-reactive ketones (excluding diaryl/α,β-unsaturated/α-hetero) is 1. The van der Waals surface area contributed by atoms with Crippen LogP contribution in [0.2, 0.25) is 0 Å². The Kier molecular flexibility index (Phi) is 4.62. The van der Waals surface area contributed by atoms with Crippen molar-refractivity contribution >= 4 is 11.8 Å². The number of carbonyl (C=O) groups is 2. The van der Waals surface area contributed by atoms with Gasteiger partial charge in [-0.25, -0.2) is 4.79 Å². The Labute approximate surface area is 96.8 Å². The highest BCUT2D eigenvalue weighted by atomic mass is 16.6. The predicted octanol–water partition coefficient (Wildman–Crippen LogP) is 1.28. The second-order valence-electron chi connectivity index (χ2n) is 4.71. The van der Waals surface area contributed by atoms with Crippen molar-refractivity contribution < 1.29 is 18.8 Å². The van der Waals surface area contributed by atoms with E-state index in [4.69, 9.17) is 4.74 Å². The molecule has 0 aliphatic heterocycles. The number of hydrogen-bond donors (Lipinski definition) is 0. The van der Waals surface area contributed by atoms with E-state index in [1.54, 1.807) is 6.92 Å². The van der Waals surface area contributed by atoms with Crippen LogP contribution in [0.3, 0.4) is 0 Å². The number of ketones is 1. The first-order chi connectivity index (χ1) is 7.07. The van der Waals surface area contributed by atoms with Crippen molar-refractivity contribution in [3.05, 3.63) is 24.3 Å². The number of quaternary nitrogens is 1. The highest BCUT2D eigenvalue weighted by Gasteiger charge is 2.26. The van der Waals surface area contributed by atoms with Crippen LogP contribution in [0, 0.1) is 0 Å². The first kappa shape index (κ1) is 14.6. The number of allylic oxidation sites excluding steroid dienone is 1. The Hall–Kier alpha value is -1.42. The standard InChI is InChI=1S/C12H20NO3/c1-8(2)11(14)9(3)12(15)16-10(4)13(5,6)7/h10H,1,3H2,2,4-7H3/q+1. The van der Waals surface area contributed by atoms with Crippen molar-refractivity contribution in [1.82, 2.24) is 0 Å². The van der Waals surface area contributed by atoms with E-state index >= 15 is 0 Å². The fraction of sp³-hybridized carbons (Fsp3) is 0.500. The summed E-state index contributed by atoms with van der Waals surface area (Å²) in [4.78, 5) is 23.0. The minimum atomic E-state index is -0.687. The maximum Gasteiger partial charge on any atom is 0.346 e. The van der Waals surface area contributed by atoms with Crippen LogP contribution in [0.1, 0.15) is 13.8 Å². The molecule has 0 rings (SSSR count). The van der Waals surface area contributed by atoms with Gasteiger partial charge in [0.25, 0.3) is 0 Å². The zero-order valence-corrected chi connectivity index (χ0v) is 10.7. The van der Waals surface area contributed by atoms with E-state index in [0.717, 1.165) is 0 Å². The Morgan fingerprint density at radius 1 is 1.19 bits per heavy atom. The lowest BCUT2D eigenvalue weighted by molar-refractivity contribution is -0.914. The topological polar surface area (TPSA) is 43.4 Å². The Morgan fingerprint density at radius 2 is 1.62 bits per heavy atom. The van der Waals surface area contributed by atoms with Gasteiger partial charge in [-0.05, 0) is 12.5 Å². The number of hydrogen-bond acceptors (Lipinski definition) is 3. The molecule has 0 aliphatic carbocycles. The smallest absolute Gasteiger partial charge is 0.346 e. The summed E-state index contributed by atoms with van der Waals surface area (Å²) >= 11 is 0. The van der Waals surface area contributed by atoms with Gasteiger partial charge in [0.05, 0.1) is 21.1 Å². The van der Waals surface area contributed by atoms with Crippen LogP contribution in [0.25, 0.3) is 0 Å². The minimum Gasteiger partial charge on any atom is -0.409 e. The zero-order valence-electron chi connectivity index (χ0n) is 10.7. The van der Waals surface area contributed by atoms with Gasteiger partial charge in [0.15, 0.2) is 5.78 Å². The summed E-state index contributed by atoms with van der Waals surface area (Å²) in [6.07, 6.45) is -0.345. The fourth-order valence-electron chi connectivity index (χ4n) is 0.734. The maximum atomic E-state index is 11.6. The molecule has 4 heteroatoms. The molecule has 0 aliphatic rings. The van der Waals surface area contributed by atoms with E-state index in [2.05, 4.69) is 13.2 Å². The van der Waals surface area contributed by atoms with Crippen molar-refractivity contribution in [3.63, 3.8) is 0 Å². The highest BCUT2D eigenvalue weighted by Crippen LogP contribution is 2.09. The molecule has 1 atom stereocenters. The second kappa shape index (κ2) is 5.07. The molecule has 0 bridgehead atoms. The molecular weight excluding hydrogens is 206 g/mol. The van der Waals surface area contributed by atoms with Gasteiger partial charge in [0.1, 0.15) is 5.57 Å². The lowest BCUT2D eigenvalue weighted by atomic mass is 10.1. The molecule has 0 saturated heterocycles. The molecule has 90 valence electrons. The van der Waals surface area contributed by atoms with Crippen LogP contribution in [-0.2, 0) is 14.3 Å². The van der Waals surface area contributed by atoms with Crippen LogP contribution >= 0.6 is 0 Å². The summed E-state index contributed by atoms with van der Waals surface area (Å²) in [6, 6.07) is 0. The molecule has 0 heterocycles. The largest absolute Gasteiger partial charge is 0.409 e. The number of rotatable bonds is 5. The molecule has 0 radical (unpaired) electrons. The van der Waals surface area contributed by atoms with Gasteiger partial charge in [0, 0.05) is 6.92 Å². The molecule has 0 saturated carbocycles. The van der Waals surface area contributed by atoms with E-state index in [1.165, 1.54) is 6.92 Å². The lowest BCUT2D eigenvalue weighted by Crippen LogP contribution is -2.46. The van der Waals surface area contributed by atoms with Crippen molar-refractivity contribution in [2.75, 3.05) is 21.1 Å². The van der Waals surface area contributed by atoms with Gasteiger partial charge in [-0.3, -0.25) is 9.28 Å². The molecule has 0 fully saturated rings. The third-order valence-electron chi connectivity index (χ3n) is 2.28. The van der Waals surface area contributed by atoms with Crippen molar-refractivity contribution in [1.29, 1.82) is 0 Å². The van der Waals surface area contributed by atoms with Crippen LogP contribution in [0.5, 0.6) is 0 Å². The number of esters is 1.